The van der Waals surface area contributed by atoms with E-state index in [1.54, 1.807) is 28.0 Å². The highest BCUT2D eigenvalue weighted by Crippen LogP contribution is 2.32. The number of amides is 3. The third-order valence-electron chi connectivity index (χ3n) is 11.8. The second kappa shape index (κ2) is 21.2. The van der Waals surface area contributed by atoms with Gasteiger partial charge in [-0.1, -0.05) is 0 Å². The van der Waals surface area contributed by atoms with Crippen LogP contribution in [0.1, 0.15) is 45.5 Å². The van der Waals surface area contributed by atoms with Crippen molar-refractivity contribution in [1.29, 1.82) is 0 Å². The fourth-order valence-corrected chi connectivity index (χ4v) is 8.01. The van der Waals surface area contributed by atoms with Crippen molar-refractivity contribution in [3.63, 3.8) is 0 Å². The maximum absolute atomic E-state index is 12.9. The van der Waals surface area contributed by atoms with Gasteiger partial charge in [0.15, 0.2) is 11.2 Å². The number of aromatic nitrogens is 11. The van der Waals surface area contributed by atoms with E-state index in [1.807, 2.05) is 17.0 Å². The minimum absolute atomic E-state index is 0.0196. The molecule has 2 aliphatic rings. The second-order valence-electron chi connectivity index (χ2n) is 16.3. The fourth-order valence-electron chi connectivity index (χ4n) is 8.01. The molecule has 2 aliphatic heterocycles. The van der Waals surface area contributed by atoms with Crippen molar-refractivity contribution in [2.24, 2.45) is 5.73 Å². The third kappa shape index (κ3) is 10.8. The molecule has 0 spiro atoms. The summed E-state index contributed by atoms with van der Waals surface area (Å²) in [6, 6.07) is 5.56. The Bertz CT molecular complexity index is 2880. The molecule has 69 heavy (non-hydrogen) atoms. The molecule has 1 aromatic carbocycles. The molecule has 358 valence electrons. The number of carbonyl (C=O) groups is 3. The molecular weight excluding hydrogens is 889 g/mol. The van der Waals surface area contributed by atoms with E-state index in [2.05, 4.69) is 65.3 Å². The number of anilines is 5. The van der Waals surface area contributed by atoms with E-state index in [4.69, 9.17) is 31.5 Å². The van der Waals surface area contributed by atoms with Crippen LogP contribution in [0.15, 0.2) is 66.1 Å². The first-order chi connectivity index (χ1) is 33.7. The van der Waals surface area contributed by atoms with Crippen molar-refractivity contribution in [3.8, 4) is 11.3 Å². The van der Waals surface area contributed by atoms with Crippen LogP contribution in [0.4, 0.5) is 29.7 Å². The van der Waals surface area contributed by atoms with Gasteiger partial charge >= 0.3 is 0 Å². The first-order valence-corrected chi connectivity index (χ1v) is 22.7. The summed E-state index contributed by atoms with van der Waals surface area (Å²) >= 11 is 0. The maximum atomic E-state index is 12.9. The maximum Gasteiger partial charge on any atom is 0.292 e. The van der Waals surface area contributed by atoms with Gasteiger partial charge in [-0.25, -0.2) is 44.6 Å². The number of hydrogen-bond donors (Lipinski definition) is 5. The Kier molecular flexibility index (Phi) is 14.1. The lowest BCUT2D eigenvalue weighted by Gasteiger charge is -2.34. The number of nitrogen functional groups attached to an aromatic ring is 2. The van der Waals surface area contributed by atoms with Crippen molar-refractivity contribution >= 4 is 69.5 Å². The van der Waals surface area contributed by atoms with Crippen molar-refractivity contribution in [3.05, 3.63) is 78.4 Å². The molecule has 0 saturated carbocycles. The van der Waals surface area contributed by atoms with Gasteiger partial charge < -0.3 is 56.6 Å². The van der Waals surface area contributed by atoms with Crippen LogP contribution < -0.4 is 42.5 Å². The number of nitrogens with one attached hydrogen (secondary N) is 2. The van der Waals surface area contributed by atoms with Gasteiger partial charge in [-0.3, -0.25) is 14.4 Å². The summed E-state index contributed by atoms with van der Waals surface area (Å²) in [7, 11) is 0. The van der Waals surface area contributed by atoms with Crippen LogP contribution in [0.5, 0.6) is 0 Å². The van der Waals surface area contributed by atoms with E-state index >= 15 is 0 Å². The number of piperazine rings is 2. The summed E-state index contributed by atoms with van der Waals surface area (Å²) in [4.78, 5) is 85.9. The predicted octanol–water partition coefficient (Wildman–Crippen LogP) is 0.650. The minimum atomic E-state index is -0.308. The van der Waals surface area contributed by atoms with Gasteiger partial charge in [0, 0.05) is 127 Å². The summed E-state index contributed by atoms with van der Waals surface area (Å²) in [6.07, 6.45) is 12.5. The number of benzene rings is 1. The Morgan fingerprint density at radius 3 is 1.91 bits per heavy atom. The second-order valence-corrected chi connectivity index (χ2v) is 16.3. The largest absolute Gasteiger partial charge is 0.424 e. The number of hydrogen-bond acceptors (Lipinski definition) is 21. The van der Waals surface area contributed by atoms with Crippen LogP contribution >= 0.6 is 0 Å². The molecule has 0 unspecified atom stereocenters. The summed E-state index contributed by atoms with van der Waals surface area (Å²) in [5, 5.41) is 11.2. The lowest BCUT2D eigenvalue weighted by Crippen LogP contribution is -2.49. The first kappa shape index (κ1) is 45.9. The standard InChI is InChI=1S/C44H52N20O5/c45-20-28-21-50-42(51-22-28)62-13-15-63(16-14-62)44-54-25-31(26-55-44)40(67)49-7-18-68-17-5-34(65)60-9-11-61(12-10-60)43-52-23-30(24-53-43)39(66)48-6-1-2-8-64-38-35(37(46)56-27-57-38)36(59-64)29-3-4-33-32(19-29)58-41(47)69-33/h3-4,19,21-27H,1-2,5-18,20,45H2,(H2,47,58)(H,48,66)(H,49,67)(H2,46,56,57). The van der Waals surface area contributed by atoms with E-state index < -0.39 is 0 Å². The first-order valence-electron chi connectivity index (χ1n) is 22.7. The van der Waals surface area contributed by atoms with Crippen LogP contribution in [0, 0.1) is 0 Å². The summed E-state index contributed by atoms with van der Waals surface area (Å²) in [5.41, 5.74) is 22.4. The zero-order valence-electron chi connectivity index (χ0n) is 37.8. The Morgan fingerprint density at radius 2 is 1.29 bits per heavy atom. The lowest BCUT2D eigenvalue weighted by atomic mass is 10.1. The Morgan fingerprint density at radius 1 is 0.696 bits per heavy atom. The van der Waals surface area contributed by atoms with E-state index in [-0.39, 0.29) is 49.9 Å². The quantitative estimate of drug-likeness (QED) is 0.0738. The van der Waals surface area contributed by atoms with E-state index in [9.17, 15) is 14.4 Å². The van der Waals surface area contributed by atoms with E-state index in [0.717, 1.165) is 11.1 Å². The fraction of sp³-hybridized carbons (Fsp3) is 0.386. The number of aryl methyl sites for hydroxylation is 1. The van der Waals surface area contributed by atoms with Crippen molar-refractivity contribution in [2.75, 3.05) is 105 Å². The molecule has 2 fully saturated rings. The molecule has 0 aliphatic carbocycles. The molecule has 7 aromatic rings. The van der Waals surface area contributed by atoms with Crippen LogP contribution in [0.3, 0.4) is 0 Å². The van der Waals surface area contributed by atoms with Gasteiger partial charge in [0.05, 0.1) is 36.1 Å². The SMILES string of the molecule is NCc1cnc(N2CCN(c3ncc(C(=O)NCCOCCC(=O)N4CCN(c5ncc(C(=O)NCCCCn6nc(-c7ccc8oc(N)nc8c7)c7c(N)ncnc76)cn5)CC4)cn3)CC2)nc1. The van der Waals surface area contributed by atoms with Gasteiger partial charge in [0.1, 0.15) is 23.4 Å². The molecule has 0 bridgehead atoms. The molecule has 0 radical (unpaired) electrons. The highest BCUT2D eigenvalue weighted by molar-refractivity contribution is 5.99. The lowest BCUT2D eigenvalue weighted by molar-refractivity contribution is -0.132. The van der Waals surface area contributed by atoms with E-state index in [1.165, 1.54) is 31.1 Å². The minimum Gasteiger partial charge on any atom is -0.424 e. The molecule has 8 N–H and O–H groups in total. The highest BCUT2D eigenvalue weighted by Gasteiger charge is 2.24. The average Bonchev–Trinajstić information content (AvgIpc) is 3.97. The summed E-state index contributed by atoms with van der Waals surface area (Å²) in [5.74, 6) is 1.42. The zero-order chi connectivity index (χ0) is 47.7. The summed E-state index contributed by atoms with van der Waals surface area (Å²) in [6.45, 7) is 7.00. The number of nitrogens with zero attached hydrogens (tertiary/aromatic N) is 15. The van der Waals surface area contributed by atoms with E-state index in [0.29, 0.717) is 147 Å². The summed E-state index contributed by atoms with van der Waals surface area (Å²) < 4.78 is 12.9. The predicted molar refractivity (Wildman–Crippen MR) is 254 cm³/mol. The van der Waals surface area contributed by atoms with Gasteiger partial charge in [-0.2, -0.15) is 10.1 Å². The van der Waals surface area contributed by atoms with Crippen molar-refractivity contribution < 1.29 is 23.5 Å². The Hall–Kier alpha value is -8.19. The third-order valence-corrected chi connectivity index (χ3v) is 11.8. The normalized spacial score (nSPS) is 14.2. The van der Waals surface area contributed by atoms with Crippen LogP contribution in [0.2, 0.25) is 0 Å². The van der Waals surface area contributed by atoms with Crippen molar-refractivity contribution in [2.45, 2.75) is 32.4 Å². The van der Waals surface area contributed by atoms with Crippen LogP contribution in [0.25, 0.3) is 33.4 Å². The van der Waals surface area contributed by atoms with Crippen molar-refractivity contribution in [1.82, 2.24) is 70.2 Å². The molecule has 8 heterocycles. The molecule has 6 aromatic heterocycles. The van der Waals surface area contributed by atoms with Gasteiger partial charge in [-0.15, -0.1) is 0 Å². The van der Waals surface area contributed by atoms with Crippen LogP contribution in [-0.4, -0.2) is 156 Å². The molecule has 9 rings (SSSR count). The van der Waals surface area contributed by atoms with Gasteiger partial charge in [0.2, 0.25) is 23.8 Å². The number of nitrogens with two attached hydrogens (primary N) is 3. The highest BCUT2D eigenvalue weighted by atomic mass is 16.5. The molecule has 25 nitrogen and oxygen atoms in total. The number of ether oxygens (including phenoxy) is 1. The molecule has 3 amide bonds. The molecule has 25 heteroatoms. The smallest absolute Gasteiger partial charge is 0.292 e. The zero-order valence-corrected chi connectivity index (χ0v) is 37.8. The average molecular weight is 941 g/mol. The van der Waals surface area contributed by atoms with Crippen LogP contribution in [-0.2, 0) is 22.6 Å². The number of unbranched alkanes of at least 4 members (excludes halogenated alkanes) is 1. The molecule has 0 atom stereocenters. The molecule has 2 saturated heterocycles. The number of rotatable bonds is 18. The Balaban J connectivity index is 0.635. The van der Waals surface area contributed by atoms with Gasteiger partial charge in [0.25, 0.3) is 17.8 Å². The number of oxazole rings is 1. The monoisotopic (exact) mass is 940 g/mol. The van der Waals surface area contributed by atoms with Gasteiger partial charge in [-0.05, 0) is 31.0 Å². The molecular formula is C44H52N20O5. The number of carbonyl (C=O) groups excluding carboxylic acids is 3. The number of fused-ring (bicyclic) bond motifs is 2. The topological polar surface area (TPSA) is 322 Å². The Labute approximate surface area is 394 Å².